The summed E-state index contributed by atoms with van der Waals surface area (Å²) in [6, 6.07) is 14.9. The molecule has 1 aliphatic heterocycles. The van der Waals surface area contributed by atoms with Gasteiger partial charge in [0.2, 0.25) is 10.0 Å². The fourth-order valence-corrected chi connectivity index (χ4v) is 4.90. The molecule has 0 radical (unpaired) electrons. The third-order valence-electron chi connectivity index (χ3n) is 5.03. The van der Waals surface area contributed by atoms with Gasteiger partial charge >= 0.3 is 0 Å². The number of rotatable bonds is 8. The number of guanidine groups is 1. The molecule has 2 aromatic rings. The van der Waals surface area contributed by atoms with Crippen molar-refractivity contribution < 1.29 is 13.2 Å². The topological polar surface area (TPSA) is 83.0 Å². The average Bonchev–Trinajstić information content (AvgIpc) is 3.32. The lowest BCUT2D eigenvalue weighted by atomic mass is 10.2. The van der Waals surface area contributed by atoms with Crippen LogP contribution in [-0.2, 0) is 23.1 Å². The Labute approximate surface area is 202 Å². The molecule has 7 nitrogen and oxygen atoms in total. The Bertz CT molecular complexity index is 959. The predicted octanol–water partition coefficient (Wildman–Crippen LogP) is 3.35. The summed E-state index contributed by atoms with van der Waals surface area (Å²) < 4.78 is 32.2. The number of sulfonamides is 1. The lowest BCUT2D eigenvalue weighted by molar-refractivity contribution is 0.409. The molecule has 2 aromatic carbocycles. The Morgan fingerprint density at radius 1 is 1.06 bits per heavy atom. The minimum Gasteiger partial charge on any atom is -0.496 e. The van der Waals surface area contributed by atoms with Crippen LogP contribution in [0.2, 0.25) is 0 Å². The van der Waals surface area contributed by atoms with Crippen molar-refractivity contribution in [3.8, 4) is 5.75 Å². The van der Waals surface area contributed by atoms with Gasteiger partial charge in [0.1, 0.15) is 5.75 Å². The Morgan fingerprint density at radius 2 is 1.74 bits per heavy atom. The van der Waals surface area contributed by atoms with E-state index in [-0.39, 0.29) is 24.0 Å². The quantitative estimate of drug-likeness (QED) is 0.295. The highest BCUT2D eigenvalue weighted by Gasteiger charge is 2.26. The van der Waals surface area contributed by atoms with Crippen molar-refractivity contribution in [1.82, 2.24) is 14.9 Å². The third kappa shape index (κ3) is 6.81. The lowest BCUT2D eigenvalue weighted by Gasteiger charge is -2.15. The summed E-state index contributed by atoms with van der Waals surface area (Å²) >= 11 is 0. The number of nitrogens with zero attached hydrogens (tertiary/aromatic N) is 2. The molecule has 1 saturated heterocycles. The second-order valence-electron chi connectivity index (χ2n) is 7.12. The van der Waals surface area contributed by atoms with Crippen LogP contribution in [0.15, 0.2) is 58.4 Å². The Balaban J connectivity index is 0.00000341. The van der Waals surface area contributed by atoms with Crippen molar-refractivity contribution in [2.75, 3.05) is 26.7 Å². The summed E-state index contributed by atoms with van der Waals surface area (Å²) in [7, 11) is -1.72. The number of aliphatic imine (C=N–C) groups is 1. The van der Waals surface area contributed by atoms with E-state index in [1.54, 1.807) is 23.5 Å². The van der Waals surface area contributed by atoms with Crippen LogP contribution in [0.25, 0.3) is 0 Å². The molecular weight excluding hydrogens is 527 g/mol. The van der Waals surface area contributed by atoms with Crippen LogP contribution in [-0.4, -0.2) is 45.4 Å². The van der Waals surface area contributed by atoms with Gasteiger partial charge < -0.3 is 15.4 Å². The largest absolute Gasteiger partial charge is 0.496 e. The van der Waals surface area contributed by atoms with Gasteiger partial charge in [-0.1, -0.05) is 30.3 Å². The van der Waals surface area contributed by atoms with Gasteiger partial charge in [-0.25, -0.2) is 13.4 Å². The maximum Gasteiger partial charge on any atom is 0.243 e. The zero-order chi connectivity index (χ0) is 21.4. The number of methoxy groups -OCH3 is 1. The number of ether oxygens (including phenoxy) is 1. The van der Waals surface area contributed by atoms with E-state index in [2.05, 4.69) is 15.6 Å². The van der Waals surface area contributed by atoms with Gasteiger partial charge in [-0.2, -0.15) is 4.31 Å². The highest BCUT2D eigenvalue weighted by Crippen LogP contribution is 2.21. The van der Waals surface area contributed by atoms with Gasteiger partial charge in [-0.3, -0.25) is 0 Å². The zero-order valence-corrected chi connectivity index (χ0v) is 21.2. The maximum atomic E-state index is 12.6. The monoisotopic (exact) mass is 558 g/mol. The minimum absolute atomic E-state index is 0. The van der Waals surface area contributed by atoms with Crippen molar-refractivity contribution in [3.63, 3.8) is 0 Å². The summed E-state index contributed by atoms with van der Waals surface area (Å²) in [5.41, 5.74) is 1.99. The van der Waals surface area contributed by atoms with E-state index in [0.717, 1.165) is 36.3 Å². The second kappa shape index (κ2) is 12.3. The highest BCUT2D eigenvalue weighted by molar-refractivity contribution is 14.0. The average molecular weight is 558 g/mol. The van der Waals surface area contributed by atoms with Crippen LogP contribution in [0.3, 0.4) is 0 Å². The van der Waals surface area contributed by atoms with Crippen LogP contribution in [0.5, 0.6) is 5.75 Å². The van der Waals surface area contributed by atoms with E-state index in [1.807, 2.05) is 43.3 Å². The van der Waals surface area contributed by atoms with Crippen LogP contribution in [0.4, 0.5) is 0 Å². The van der Waals surface area contributed by atoms with Gasteiger partial charge in [0.25, 0.3) is 0 Å². The first kappa shape index (κ1) is 25.4. The molecule has 0 saturated carbocycles. The molecule has 0 aromatic heterocycles. The van der Waals surface area contributed by atoms with E-state index in [9.17, 15) is 8.42 Å². The number of para-hydroxylation sites is 1. The van der Waals surface area contributed by atoms with E-state index in [4.69, 9.17) is 4.74 Å². The summed E-state index contributed by atoms with van der Waals surface area (Å²) in [6.07, 6.45) is 1.86. The van der Waals surface area contributed by atoms with Crippen molar-refractivity contribution in [2.24, 2.45) is 4.99 Å². The third-order valence-corrected chi connectivity index (χ3v) is 6.94. The first-order valence-corrected chi connectivity index (χ1v) is 11.7. The van der Waals surface area contributed by atoms with Gasteiger partial charge in [-0.05, 0) is 43.5 Å². The fourth-order valence-electron chi connectivity index (χ4n) is 3.38. The Morgan fingerprint density at radius 3 is 2.39 bits per heavy atom. The van der Waals surface area contributed by atoms with E-state index in [1.165, 1.54) is 0 Å². The normalized spacial score (nSPS) is 14.7. The Kier molecular flexibility index (Phi) is 10.0. The zero-order valence-electron chi connectivity index (χ0n) is 18.0. The molecule has 170 valence electrons. The van der Waals surface area contributed by atoms with Crippen molar-refractivity contribution >= 4 is 40.0 Å². The van der Waals surface area contributed by atoms with Crippen molar-refractivity contribution in [1.29, 1.82) is 0 Å². The van der Waals surface area contributed by atoms with Gasteiger partial charge in [-0.15, -0.1) is 24.0 Å². The molecule has 0 bridgehead atoms. The number of benzene rings is 2. The smallest absolute Gasteiger partial charge is 0.243 e. The van der Waals surface area contributed by atoms with Crippen LogP contribution in [0.1, 0.15) is 30.9 Å². The number of hydrogen-bond donors (Lipinski definition) is 2. The van der Waals surface area contributed by atoms with Crippen LogP contribution >= 0.6 is 24.0 Å². The molecule has 1 heterocycles. The van der Waals surface area contributed by atoms with E-state index < -0.39 is 10.0 Å². The van der Waals surface area contributed by atoms with E-state index >= 15 is 0 Å². The fraction of sp³-hybridized carbons (Fsp3) is 0.409. The number of halogens is 1. The van der Waals surface area contributed by atoms with Gasteiger partial charge in [0.15, 0.2) is 5.96 Å². The molecule has 3 rings (SSSR count). The standard InChI is InChI=1S/C22H30N4O3S.HI/c1-3-23-22(25-17-19-8-4-5-9-21(19)29-2)24-16-18-10-12-20(13-11-18)30(27,28)26-14-6-7-15-26;/h4-5,8-13H,3,6-7,14-17H2,1-2H3,(H2,23,24,25);1H. The summed E-state index contributed by atoms with van der Waals surface area (Å²) in [6.45, 7) is 5.01. The molecule has 31 heavy (non-hydrogen) atoms. The van der Waals surface area contributed by atoms with Crippen LogP contribution < -0.4 is 15.4 Å². The molecule has 9 heteroatoms. The molecule has 0 amide bonds. The first-order chi connectivity index (χ1) is 14.5. The van der Waals surface area contributed by atoms with Gasteiger partial charge in [0.05, 0.1) is 18.6 Å². The van der Waals surface area contributed by atoms with Crippen molar-refractivity contribution in [2.45, 2.75) is 37.8 Å². The molecule has 0 unspecified atom stereocenters. The molecule has 1 aliphatic rings. The summed E-state index contributed by atoms with van der Waals surface area (Å²) in [5, 5.41) is 6.54. The number of nitrogens with one attached hydrogen (secondary N) is 2. The molecule has 1 fully saturated rings. The molecule has 0 atom stereocenters. The maximum absolute atomic E-state index is 12.6. The molecule has 0 spiro atoms. The Hall–Kier alpha value is -1.85. The minimum atomic E-state index is -3.38. The van der Waals surface area contributed by atoms with Gasteiger partial charge in [0, 0.05) is 31.7 Å². The summed E-state index contributed by atoms with van der Waals surface area (Å²) in [4.78, 5) is 4.96. The number of hydrogen-bond acceptors (Lipinski definition) is 4. The second-order valence-corrected chi connectivity index (χ2v) is 9.05. The lowest BCUT2D eigenvalue weighted by Crippen LogP contribution is -2.36. The summed E-state index contributed by atoms with van der Waals surface area (Å²) in [5.74, 6) is 1.52. The molecular formula is C22H31IN4O3S. The van der Waals surface area contributed by atoms with Crippen molar-refractivity contribution in [3.05, 3.63) is 59.7 Å². The SMILES string of the molecule is CCNC(=NCc1ccc(S(=O)(=O)N2CCCC2)cc1)NCc1ccccc1OC.I. The molecule has 0 aliphatic carbocycles. The predicted molar refractivity (Wildman–Crippen MR) is 134 cm³/mol. The molecule has 2 N–H and O–H groups in total. The first-order valence-electron chi connectivity index (χ1n) is 10.3. The highest BCUT2D eigenvalue weighted by atomic mass is 127. The van der Waals surface area contributed by atoms with Crippen LogP contribution in [0, 0.1) is 0 Å². The van der Waals surface area contributed by atoms with E-state index in [0.29, 0.717) is 37.0 Å².